The molecule has 0 aliphatic heterocycles. The van der Waals surface area contributed by atoms with Gasteiger partial charge in [-0.3, -0.25) is 0 Å². The summed E-state index contributed by atoms with van der Waals surface area (Å²) in [6, 6.07) is 1.52. The smallest absolute Gasteiger partial charge is 0.180 e. The van der Waals surface area contributed by atoms with Crippen molar-refractivity contribution in [3.63, 3.8) is 0 Å². The lowest BCUT2D eigenvalue weighted by molar-refractivity contribution is 0.487. The van der Waals surface area contributed by atoms with Crippen LogP contribution in [0.4, 0.5) is 18.3 Å². The highest BCUT2D eigenvalue weighted by Crippen LogP contribution is 2.43. The van der Waals surface area contributed by atoms with E-state index in [1.807, 2.05) is 0 Å². The number of nitrogen functional groups attached to an aromatic ring is 1. The lowest BCUT2D eigenvalue weighted by Gasteiger charge is -2.11. The molecule has 6 heteroatoms. The average molecular weight is 270 g/mol. The second-order valence-corrected chi connectivity index (χ2v) is 5.30. The van der Waals surface area contributed by atoms with E-state index in [9.17, 15) is 13.2 Å². The average Bonchev–Trinajstić information content (AvgIpc) is 2.82. The summed E-state index contributed by atoms with van der Waals surface area (Å²) in [6.07, 6.45) is 1.34. The molecule has 0 saturated carbocycles. The van der Waals surface area contributed by atoms with Gasteiger partial charge in [-0.25, -0.2) is 18.2 Å². The molecular weight excluding hydrogens is 261 g/mol. The SMILES string of the molecule is Nc1nc2c(s1)C(c1cc(F)c(F)cc1F)CC2. The third kappa shape index (κ3) is 1.68. The predicted octanol–water partition coefficient (Wildman–Crippen LogP) is 3.22. The maximum atomic E-state index is 13.7. The highest BCUT2D eigenvalue weighted by molar-refractivity contribution is 7.15. The molecule has 1 heterocycles. The van der Waals surface area contributed by atoms with Gasteiger partial charge >= 0.3 is 0 Å². The summed E-state index contributed by atoms with van der Waals surface area (Å²) in [7, 11) is 0. The molecule has 2 N–H and O–H groups in total. The van der Waals surface area contributed by atoms with E-state index in [1.165, 1.54) is 11.3 Å². The second-order valence-electron chi connectivity index (χ2n) is 4.24. The van der Waals surface area contributed by atoms with Crippen molar-refractivity contribution in [2.45, 2.75) is 18.8 Å². The van der Waals surface area contributed by atoms with Crippen molar-refractivity contribution in [1.29, 1.82) is 0 Å². The minimum absolute atomic E-state index is 0.177. The number of benzene rings is 1. The monoisotopic (exact) mass is 270 g/mol. The van der Waals surface area contributed by atoms with Crippen LogP contribution in [-0.2, 0) is 6.42 Å². The van der Waals surface area contributed by atoms with Gasteiger partial charge in [0.25, 0.3) is 0 Å². The Labute approximate surface area is 105 Å². The molecule has 18 heavy (non-hydrogen) atoms. The van der Waals surface area contributed by atoms with Crippen molar-refractivity contribution in [3.8, 4) is 0 Å². The van der Waals surface area contributed by atoms with Crippen LogP contribution in [0.5, 0.6) is 0 Å². The van der Waals surface area contributed by atoms with Gasteiger partial charge in [0.05, 0.1) is 5.69 Å². The maximum Gasteiger partial charge on any atom is 0.180 e. The van der Waals surface area contributed by atoms with Crippen molar-refractivity contribution in [3.05, 3.63) is 45.7 Å². The summed E-state index contributed by atoms with van der Waals surface area (Å²) in [4.78, 5) is 5.00. The van der Waals surface area contributed by atoms with Crippen LogP contribution in [0.25, 0.3) is 0 Å². The fraction of sp³-hybridized carbons (Fsp3) is 0.250. The standard InChI is InChI=1S/C12H9F3N2S/c13-7-4-9(15)8(14)3-6(7)5-1-2-10-11(5)18-12(16)17-10/h3-5H,1-2H2,(H2,16,17). The number of nitrogens with two attached hydrogens (primary N) is 1. The van der Waals surface area contributed by atoms with Gasteiger partial charge in [-0.05, 0) is 24.5 Å². The number of aryl methyl sites for hydroxylation is 1. The number of nitrogens with zero attached hydrogens (tertiary/aromatic N) is 1. The zero-order chi connectivity index (χ0) is 12.9. The number of hydrogen-bond acceptors (Lipinski definition) is 3. The van der Waals surface area contributed by atoms with Gasteiger partial charge in [-0.2, -0.15) is 0 Å². The van der Waals surface area contributed by atoms with E-state index in [0.29, 0.717) is 24.0 Å². The first-order valence-corrected chi connectivity index (χ1v) is 6.27. The number of halogens is 3. The van der Waals surface area contributed by atoms with Crippen molar-refractivity contribution in [1.82, 2.24) is 4.98 Å². The zero-order valence-corrected chi connectivity index (χ0v) is 10.0. The first-order valence-electron chi connectivity index (χ1n) is 5.45. The van der Waals surface area contributed by atoms with Crippen LogP contribution in [-0.4, -0.2) is 4.98 Å². The summed E-state index contributed by atoms with van der Waals surface area (Å²) >= 11 is 1.28. The van der Waals surface area contributed by atoms with E-state index in [0.717, 1.165) is 16.6 Å². The zero-order valence-electron chi connectivity index (χ0n) is 9.21. The van der Waals surface area contributed by atoms with E-state index < -0.39 is 17.5 Å². The molecule has 3 rings (SSSR count). The summed E-state index contributed by atoms with van der Waals surface area (Å²) in [6.45, 7) is 0. The Bertz CT molecular complexity index is 624. The van der Waals surface area contributed by atoms with E-state index in [2.05, 4.69) is 4.98 Å². The van der Waals surface area contributed by atoms with Crippen molar-refractivity contribution < 1.29 is 13.2 Å². The van der Waals surface area contributed by atoms with Gasteiger partial charge in [-0.15, -0.1) is 11.3 Å². The quantitative estimate of drug-likeness (QED) is 0.808. The number of thiazole rings is 1. The van der Waals surface area contributed by atoms with Crippen LogP contribution < -0.4 is 5.73 Å². The van der Waals surface area contributed by atoms with Gasteiger partial charge in [0.2, 0.25) is 0 Å². The van der Waals surface area contributed by atoms with Crippen LogP contribution >= 0.6 is 11.3 Å². The van der Waals surface area contributed by atoms with E-state index in [4.69, 9.17) is 5.73 Å². The van der Waals surface area contributed by atoms with E-state index in [1.54, 1.807) is 0 Å². The fourth-order valence-corrected chi connectivity index (χ4v) is 3.38. The molecule has 0 saturated heterocycles. The topological polar surface area (TPSA) is 38.9 Å². The molecule has 2 nitrogen and oxygen atoms in total. The van der Waals surface area contributed by atoms with Crippen LogP contribution in [0.15, 0.2) is 12.1 Å². The Balaban J connectivity index is 2.09. The molecule has 0 spiro atoms. The lowest BCUT2D eigenvalue weighted by atomic mass is 9.97. The van der Waals surface area contributed by atoms with E-state index >= 15 is 0 Å². The number of hydrogen-bond donors (Lipinski definition) is 1. The molecular formula is C12H9F3N2S. The van der Waals surface area contributed by atoms with Gasteiger partial charge in [0, 0.05) is 16.9 Å². The van der Waals surface area contributed by atoms with Crippen LogP contribution in [0.2, 0.25) is 0 Å². The summed E-state index contributed by atoms with van der Waals surface area (Å²) in [5, 5.41) is 0.424. The molecule has 0 fully saturated rings. The molecule has 1 aliphatic carbocycles. The van der Waals surface area contributed by atoms with Gasteiger partial charge in [0.15, 0.2) is 16.8 Å². The second kappa shape index (κ2) is 3.98. The van der Waals surface area contributed by atoms with E-state index in [-0.39, 0.29) is 11.5 Å². The van der Waals surface area contributed by atoms with Crippen LogP contribution in [0, 0.1) is 17.5 Å². The van der Waals surface area contributed by atoms with Gasteiger partial charge < -0.3 is 5.73 Å². The highest BCUT2D eigenvalue weighted by atomic mass is 32.1. The Kier molecular flexibility index (Phi) is 2.55. The third-order valence-electron chi connectivity index (χ3n) is 3.15. The number of aromatic nitrogens is 1. The molecule has 1 aromatic carbocycles. The number of anilines is 1. The molecule has 2 aromatic rings. The molecule has 0 radical (unpaired) electrons. The molecule has 0 amide bonds. The molecule has 1 aliphatic rings. The largest absolute Gasteiger partial charge is 0.375 e. The van der Waals surface area contributed by atoms with Crippen molar-refractivity contribution in [2.24, 2.45) is 0 Å². The molecule has 0 bridgehead atoms. The van der Waals surface area contributed by atoms with Crippen LogP contribution in [0.1, 0.15) is 28.5 Å². The highest BCUT2D eigenvalue weighted by Gasteiger charge is 2.30. The fourth-order valence-electron chi connectivity index (χ4n) is 2.35. The van der Waals surface area contributed by atoms with Crippen LogP contribution in [0.3, 0.4) is 0 Å². The predicted molar refractivity (Wildman–Crippen MR) is 63.0 cm³/mol. The maximum absolute atomic E-state index is 13.7. The summed E-state index contributed by atoms with van der Waals surface area (Å²) in [5.41, 5.74) is 6.62. The van der Waals surface area contributed by atoms with Crippen molar-refractivity contribution >= 4 is 16.5 Å². The number of fused-ring (bicyclic) bond motifs is 1. The Morgan fingerprint density at radius 2 is 1.89 bits per heavy atom. The number of rotatable bonds is 1. The first kappa shape index (κ1) is 11.5. The molecule has 1 unspecified atom stereocenters. The normalized spacial score (nSPS) is 18.1. The lowest BCUT2D eigenvalue weighted by Crippen LogP contribution is -2.01. The Morgan fingerprint density at radius 3 is 2.67 bits per heavy atom. The first-order chi connectivity index (χ1) is 8.56. The third-order valence-corrected chi connectivity index (χ3v) is 4.19. The molecule has 94 valence electrons. The van der Waals surface area contributed by atoms with Gasteiger partial charge in [-0.1, -0.05) is 0 Å². The molecule has 1 atom stereocenters. The minimum Gasteiger partial charge on any atom is -0.375 e. The molecule has 1 aromatic heterocycles. The Hall–Kier alpha value is -1.56. The summed E-state index contributed by atoms with van der Waals surface area (Å²) < 4.78 is 39.8. The van der Waals surface area contributed by atoms with Gasteiger partial charge in [0.1, 0.15) is 5.82 Å². The summed E-state index contributed by atoms with van der Waals surface area (Å²) in [5.74, 6) is -3.20. The Morgan fingerprint density at radius 1 is 1.17 bits per heavy atom. The van der Waals surface area contributed by atoms with Crippen molar-refractivity contribution in [2.75, 3.05) is 5.73 Å². The minimum atomic E-state index is -1.17.